The zero-order valence-corrected chi connectivity index (χ0v) is 15.6. The van der Waals surface area contributed by atoms with E-state index in [2.05, 4.69) is 20.6 Å². The average Bonchev–Trinajstić information content (AvgIpc) is 2.54. The minimum atomic E-state index is -0.260. The summed E-state index contributed by atoms with van der Waals surface area (Å²) in [6.07, 6.45) is 0. The van der Waals surface area contributed by atoms with Crippen molar-refractivity contribution >= 4 is 29.0 Å². The number of methoxy groups -OCH3 is 2. The molecule has 1 amide bonds. The van der Waals surface area contributed by atoms with Gasteiger partial charge in [0.25, 0.3) is 5.91 Å². The van der Waals surface area contributed by atoms with Crippen molar-refractivity contribution in [3.8, 4) is 11.5 Å². The molecule has 0 aliphatic carbocycles. The van der Waals surface area contributed by atoms with Crippen molar-refractivity contribution in [2.24, 2.45) is 0 Å². The van der Waals surface area contributed by atoms with Crippen LogP contribution in [0.5, 0.6) is 11.5 Å². The SMILES string of the molecule is COc1cc(Nc2cc(C(=O)NC(C)C)nc(C)n2)c(OC)cc1Cl. The highest BCUT2D eigenvalue weighted by Crippen LogP contribution is 2.37. The summed E-state index contributed by atoms with van der Waals surface area (Å²) >= 11 is 6.11. The van der Waals surface area contributed by atoms with Gasteiger partial charge in [-0.15, -0.1) is 0 Å². The summed E-state index contributed by atoms with van der Waals surface area (Å²) in [5.41, 5.74) is 0.890. The van der Waals surface area contributed by atoms with Gasteiger partial charge < -0.3 is 20.1 Å². The number of anilines is 2. The molecule has 2 aromatic rings. The van der Waals surface area contributed by atoms with Crippen molar-refractivity contribution in [3.05, 3.63) is 34.7 Å². The van der Waals surface area contributed by atoms with Crippen LogP contribution < -0.4 is 20.1 Å². The first kappa shape index (κ1) is 18.8. The van der Waals surface area contributed by atoms with Crippen LogP contribution in [0.3, 0.4) is 0 Å². The molecule has 0 aliphatic rings. The van der Waals surface area contributed by atoms with E-state index in [1.807, 2.05) is 13.8 Å². The van der Waals surface area contributed by atoms with Crippen LogP contribution in [-0.4, -0.2) is 36.1 Å². The van der Waals surface area contributed by atoms with Crippen LogP contribution in [0.1, 0.15) is 30.2 Å². The van der Waals surface area contributed by atoms with E-state index in [4.69, 9.17) is 21.1 Å². The van der Waals surface area contributed by atoms with Gasteiger partial charge >= 0.3 is 0 Å². The fourth-order valence-electron chi connectivity index (χ4n) is 2.18. The normalized spacial score (nSPS) is 10.5. The minimum Gasteiger partial charge on any atom is -0.495 e. The van der Waals surface area contributed by atoms with E-state index in [0.29, 0.717) is 33.9 Å². The monoisotopic (exact) mass is 364 g/mol. The number of amides is 1. The van der Waals surface area contributed by atoms with Crippen LogP contribution >= 0.6 is 11.6 Å². The van der Waals surface area contributed by atoms with E-state index < -0.39 is 0 Å². The number of ether oxygens (including phenoxy) is 2. The smallest absolute Gasteiger partial charge is 0.270 e. The second kappa shape index (κ2) is 8.02. The molecule has 0 unspecified atom stereocenters. The highest BCUT2D eigenvalue weighted by Gasteiger charge is 2.14. The number of aromatic nitrogens is 2. The molecule has 2 N–H and O–H groups in total. The maximum absolute atomic E-state index is 12.2. The number of carbonyl (C=O) groups is 1. The molecule has 0 spiro atoms. The van der Waals surface area contributed by atoms with Gasteiger partial charge in [0.1, 0.15) is 28.8 Å². The summed E-state index contributed by atoms with van der Waals surface area (Å²) in [4.78, 5) is 20.7. The first-order valence-electron chi connectivity index (χ1n) is 7.69. The van der Waals surface area contributed by atoms with Gasteiger partial charge in [-0.25, -0.2) is 9.97 Å². The largest absolute Gasteiger partial charge is 0.495 e. The Bertz CT molecular complexity index is 781. The third-order valence-electron chi connectivity index (χ3n) is 3.23. The molecule has 1 aromatic heterocycles. The summed E-state index contributed by atoms with van der Waals surface area (Å²) < 4.78 is 10.6. The van der Waals surface area contributed by atoms with E-state index >= 15 is 0 Å². The Morgan fingerprint density at radius 3 is 2.40 bits per heavy atom. The van der Waals surface area contributed by atoms with Crippen molar-refractivity contribution in [3.63, 3.8) is 0 Å². The van der Waals surface area contributed by atoms with Crippen LogP contribution in [0.2, 0.25) is 5.02 Å². The number of nitrogens with zero attached hydrogens (tertiary/aromatic N) is 2. The number of nitrogens with one attached hydrogen (secondary N) is 2. The lowest BCUT2D eigenvalue weighted by Crippen LogP contribution is -2.31. The van der Waals surface area contributed by atoms with Crippen molar-refractivity contribution in [2.75, 3.05) is 19.5 Å². The third kappa shape index (κ3) is 4.73. The standard InChI is InChI=1S/C17H21ClN4O3/c1-9(2)19-17(23)13-8-16(21-10(3)20-13)22-12-7-14(24-4)11(18)6-15(12)25-5/h6-9H,1-5H3,(H,19,23)(H,20,21,22). The molecule has 1 heterocycles. The summed E-state index contributed by atoms with van der Waals surface area (Å²) in [6.45, 7) is 5.49. The molecule has 0 fully saturated rings. The summed E-state index contributed by atoms with van der Waals surface area (Å²) in [5, 5.41) is 6.36. The van der Waals surface area contributed by atoms with Gasteiger partial charge in [0.15, 0.2) is 0 Å². The topological polar surface area (TPSA) is 85.4 Å². The summed E-state index contributed by atoms with van der Waals surface area (Å²) in [7, 11) is 3.07. The Balaban J connectivity index is 2.37. The lowest BCUT2D eigenvalue weighted by Gasteiger charge is -2.14. The highest BCUT2D eigenvalue weighted by molar-refractivity contribution is 6.32. The minimum absolute atomic E-state index is 0.0137. The fourth-order valence-corrected chi connectivity index (χ4v) is 2.41. The highest BCUT2D eigenvalue weighted by atomic mass is 35.5. The quantitative estimate of drug-likeness (QED) is 0.817. The van der Waals surface area contributed by atoms with Crippen LogP contribution in [0.15, 0.2) is 18.2 Å². The number of hydrogen-bond acceptors (Lipinski definition) is 6. The Hall–Kier alpha value is -2.54. The number of aryl methyl sites for hydroxylation is 1. The molecule has 1 aromatic carbocycles. The Labute approximate surface area is 151 Å². The average molecular weight is 365 g/mol. The first-order chi connectivity index (χ1) is 11.8. The number of benzene rings is 1. The molecule has 0 atom stereocenters. The molecule has 2 rings (SSSR count). The fraction of sp³-hybridized carbons (Fsp3) is 0.353. The molecule has 134 valence electrons. The van der Waals surface area contributed by atoms with Gasteiger partial charge in [0.05, 0.1) is 24.9 Å². The maximum Gasteiger partial charge on any atom is 0.270 e. The van der Waals surface area contributed by atoms with Gasteiger partial charge in [0.2, 0.25) is 0 Å². The van der Waals surface area contributed by atoms with E-state index in [0.717, 1.165) is 0 Å². The molecule has 25 heavy (non-hydrogen) atoms. The van der Waals surface area contributed by atoms with Gasteiger partial charge in [-0.1, -0.05) is 11.6 Å². The van der Waals surface area contributed by atoms with Crippen molar-refractivity contribution < 1.29 is 14.3 Å². The Morgan fingerprint density at radius 2 is 1.80 bits per heavy atom. The number of carbonyl (C=O) groups excluding carboxylic acids is 1. The molecule has 7 nitrogen and oxygen atoms in total. The van der Waals surface area contributed by atoms with Crippen molar-refractivity contribution in [2.45, 2.75) is 26.8 Å². The predicted octanol–water partition coefficient (Wildman–Crippen LogP) is 3.34. The van der Waals surface area contributed by atoms with Crippen LogP contribution in [0.4, 0.5) is 11.5 Å². The van der Waals surface area contributed by atoms with Crippen molar-refractivity contribution in [1.29, 1.82) is 0 Å². The molecular formula is C17H21ClN4O3. The lowest BCUT2D eigenvalue weighted by atomic mass is 10.2. The van der Waals surface area contributed by atoms with Crippen LogP contribution in [0.25, 0.3) is 0 Å². The van der Waals surface area contributed by atoms with Gasteiger partial charge in [-0.05, 0) is 20.8 Å². The molecule has 8 heteroatoms. The van der Waals surface area contributed by atoms with Crippen LogP contribution in [-0.2, 0) is 0 Å². The summed E-state index contributed by atoms with van der Waals surface area (Å²) in [6, 6.07) is 4.93. The van der Waals surface area contributed by atoms with Gasteiger partial charge in [-0.3, -0.25) is 4.79 Å². The van der Waals surface area contributed by atoms with Crippen molar-refractivity contribution in [1.82, 2.24) is 15.3 Å². The predicted molar refractivity (Wildman–Crippen MR) is 97.2 cm³/mol. The molecule has 0 saturated carbocycles. The number of halogens is 1. The van der Waals surface area contributed by atoms with E-state index in [1.54, 1.807) is 25.1 Å². The first-order valence-corrected chi connectivity index (χ1v) is 8.07. The maximum atomic E-state index is 12.2. The van der Waals surface area contributed by atoms with E-state index in [9.17, 15) is 4.79 Å². The molecule has 0 aliphatic heterocycles. The van der Waals surface area contributed by atoms with E-state index in [-0.39, 0.29) is 17.6 Å². The second-order valence-electron chi connectivity index (χ2n) is 5.63. The Kier molecular flexibility index (Phi) is 6.03. The Morgan fingerprint density at radius 1 is 1.12 bits per heavy atom. The number of hydrogen-bond donors (Lipinski definition) is 2. The van der Waals surface area contributed by atoms with E-state index in [1.165, 1.54) is 14.2 Å². The number of rotatable bonds is 6. The summed E-state index contributed by atoms with van der Waals surface area (Å²) in [5.74, 6) is 1.69. The molecule has 0 saturated heterocycles. The molecule has 0 bridgehead atoms. The molecule has 0 radical (unpaired) electrons. The third-order valence-corrected chi connectivity index (χ3v) is 3.52. The zero-order valence-electron chi connectivity index (χ0n) is 14.8. The lowest BCUT2D eigenvalue weighted by molar-refractivity contribution is 0.0937. The molecular weight excluding hydrogens is 344 g/mol. The zero-order chi connectivity index (χ0) is 18.6. The van der Waals surface area contributed by atoms with Crippen LogP contribution in [0, 0.1) is 6.92 Å². The van der Waals surface area contributed by atoms with Gasteiger partial charge in [0, 0.05) is 24.2 Å². The second-order valence-corrected chi connectivity index (χ2v) is 6.03. The van der Waals surface area contributed by atoms with Gasteiger partial charge in [-0.2, -0.15) is 0 Å².